The van der Waals surface area contributed by atoms with Crippen molar-refractivity contribution in [3.63, 3.8) is 0 Å². The summed E-state index contributed by atoms with van der Waals surface area (Å²) in [5, 5.41) is 6.71. The van der Waals surface area contributed by atoms with Crippen molar-refractivity contribution in [2.75, 3.05) is 0 Å². The van der Waals surface area contributed by atoms with Gasteiger partial charge in [-0.15, -0.1) is 11.8 Å². The minimum Gasteiger partial charge on any atom is -0.475 e. The number of carbonyl (C=O) groups excluding carboxylic acids is 2. The standard InChI is InChI=1S/C26H25ClN2O3S2/c1-16(13-17-9-10-17)32-23-8-4-7-22(28-23)26(18-11-12-33-15-18)14-20(30)24(25(31)29-26)34-21-6-3-2-5-19(21)27/h2-8,11-12,15-17,24H,9-10,13-14H2,1H3,(H,29,31)/t16-,24?,26?/m0/s1. The van der Waals surface area contributed by atoms with Crippen LogP contribution in [0.4, 0.5) is 0 Å². The van der Waals surface area contributed by atoms with Crippen LogP contribution in [-0.4, -0.2) is 28.0 Å². The van der Waals surface area contributed by atoms with Gasteiger partial charge >= 0.3 is 0 Å². The Hall–Kier alpha value is -2.35. The van der Waals surface area contributed by atoms with Gasteiger partial charge in [-0.25, -0.2) is 4.98 Å². The number of thioether (sulfide) groups is 1. The maximum Gasteiger partial charge on any atom is 0.242 e. The Morgan fingerprint density at radius 2 is 2.03 bits per heavy atom. The summed E-state index contributed by atoms with van der Waals surface area (Å²) in [7, 11) is 0. The van der Waals surface area contributed by atoms with Gasteiger partial charge in [-0.1, -0.05) is 42.6 Å². The molecule has 3 aromatic rings. The van der Waals surface area contributed by atoms with Crippen molar-refractivity contribution in [1.82, 2.24) is 10.3 Å². The van der Waals surface area contributed by atoms with Crippen molar-refractivity contribution in [2.24, 2.45) is 5.92 Å². The number of nitrogens with zero attached hydrogens (tertiary/aromatic N) is 1. The summed E-state index contributed by atoms with van der Waals surface area (Å²) in [6.45, 7) is 2.06. The first kappa shape index (κ1) is 23.4. The average Bonchev–Trinajstić information content (AvgIpc) is 3.44. The average molecular weight is 513 g/mol. The third kappa shape index (κ3) is 4.88. The van der Waals surface area contributed by atoms with Crippen LogP contribution in [-0.2, 0) is 15.1 Å². The van der Waals surface area contributed by atoms with Crippen molar-refractivity contribution in [2.45, 2.75) is 54.4 Å². The van der Waals surface area contributed by atoms with E-state index in [9.17, 15) is 9.59 Å². The molecular weight excluding hydrogens is 488 g/mol. The van der Waals surface area contributed by atoms with E-state index in [-0.39, 0.29) is 24.2 Å². The van der Waals surface area contributed by atoms with E-state index in [1.165, 1.54) is 35.9 Å². The number of pyridine rings is 1. The second-order valence-corrected chi connectivity index (χ2v) is 11.3. The highest BCUT2D eigenvalue weighted by Gasteiger charge is 2.48. The molecule has 2 unspecified atom stereocenters. The minimum absolute atomic E-state index is 0.0614. The molecule has 1 saturated heterocycles. The lowest BCUT2D eigenvalue weighted by molar-refractivity contribution is -0.133. The number of piperidine rings is 1. The summed E-state index contributed by atoms with van der Waals surface area (Å²) in [6.07, 6.45) is 3.71. The van der Waals surface area contributed by atoms with Crippen LogP contribution < -0.4 is 10.1 Å². The van der Waals surface area contributed by atoms with E-state index in [1.807, 2.05) is 53.2 Å². The van der Waals surface area contributed by atoms with Crippen molar-refractivity contribution in [3.8, 4) is 5.88 Å². The van der Waals surface area contributed by atoms with Gasteiger partial charge < -0.3 is 10.1 Å². The summed E-state index contributed by atoms with van der Waals surface area (Å²) in [5.41, 5.74) is 0.408. The number of nitrogens with one attached hydrogen (secondary N) is 1. The summed E-state index contributed by atoms with van der Waals surface area (Å²) in [4.78, 5) is 32.2. The molecule has 176 valence electrons. The van der Waals surface area contributed by atoms with Crippen LogP contribution in [0.5, 0.6) is 5.88 Å². The molecule has 2 aromatic heterocycles. The highest BCUT2D eigenvalue weighted by Crippen LogP contribution is 2.41. The van der Waals surface area contributed by atoms with E-state index >= 15 is 0 Å². The molecule has 0 bridgehead atoms. The van der Waals surface area contributed by atoms with Crippen LogP contribution >= 0.6 is 34.7 Å². The number of hydrogen-bond donors (Lipinski definition) is 1. The molecule has 8 heteroatoms. The molecule has 1 saturated carbocycles. The molecule has 3 heterocycles. The Morgan fingerprint density at radius 1 is 1.21 bits per heavy atom. The smallest absolute Gasteiger partial charge is 0.242 e. The molecule has 0 radical (unpaired) electrons. The SMILES string of the molecule is C[C@@H](CC1CC1)Oc1cccc(C2(c3ccsc3)CC(=O)C(Sc3ccccc3Cl)C(=O)N2)n1. The van der Waals surface area contributed by atoms with E-state index in [4.69, 9.17) is 21.3 Å². The number of ketones is 1. The Bertz CT molecular complexity index is 1180. The summed E-state index contributed by atoms with van der Waals surface area (Å²) >= 11 is 8.99. The quantitative estimate of drug-likeness (QED) is 0.383. The first-order chi connectivity index (χ1) is 16.4. The third-order valence-electron chi connectivity index (χ3n) is 6.25. The largest absolute Gasteiger partial charge is 0.475 e. The van der Waals surface area contributed by atoms with Crippen LogP contribution in [0.1, 0.15) is 43.9 Å². The third-order valence-corrected chi connectivity index (χ3v) is 8.69. The number of Topliss-reactive ketones (excluding diaryl/α,β-unsaturated/α-hetero) is 1. The van der Waals surface area contributed by atoms with E-state index in [0.717, 1.165) is 17.9 Å². The van der Waals surface area contributed by atoms with Crippen LogP contribution in [0, 0.1) is 5.92 Å². The molecule has 1 aliphatic heterocycles. The molecule has 1 N–H and O–H groups in total. The van der Waals surface area contributed by atoms with Gasteiger partial charge in [0.05, 0.1) is 16.8 Å². The predicted octanol–water partition coefficient (Wildman–Crippen LogP) is 5.86. The van der Waals surface area contributed by atoms with Gasteiger partial charge in [-0.2, -0.15) is 11.3 Å². The molecular formula is C26H25ClN2O3S2. The molecule has 1 aliphatic carbocycles. The topological polar surface area (TPSA) is 68.3 Å². The number of thiophene rings is 1. The minimum atomic E-state index is -1.04. The van der Waals surface area contributed by atoms with E-state index in [0.29, 0.717) is 21.5 Å². The number of halogens is 1. The number of benzene rings is 1. The molecule has 2 aliphatic rings. The molecule has 5 rings (SSSR count). The zero-order chi connectivity index (χ0) is 23.7. The van der Waals surface area contributed by atoms with Gasteiger partial charge in [-0.3, -0.25) is 9.59 Å². The highest BCUT2D eigenvalue weighted by atomic mass is 35.5. The highest BCUT2D eigenvalue weighted by molar-refractivity contribution is 8.01. The van der Waals surface area contributed by atoms with Gasteiger partial charge in [0, 0.05) is 17.4 Å². The Balaban J connectivity index is 1.44. The van der Waals surface area contributed by atoms with Gasteiger partial charge in [0.1, 0.15) is 10.8 Å². The van der Waals surface area contributed by atoms with Gasteiger partial charge in [0.15, 0.2) is 5.78 Å². The second kappa shape index (κ2) is 9.72. The molecule has 2 fully saturated rings. The predicted molar refractivity (Wildman–Crippen MR) is 136 cm³/mol. The Kier molecular flexibility index (Phi) is 6.69. The second-order valence-electron chi connectivity index (χ2n) is 8.95. The number of carbonyl (C=O) groups is 2. The lowest BCUT2D eigenvalue weighted by atomic mass is 9.79. The van der Waals surface area contributed by atoms with Crippen LogP contribution in [0.15, 0.2) is 64.2 Å². The van der Waals surface area contributed by atoms with E-state index in [1.54, 1.807) is 6.07 Å². The molecule has 3 atom stereocenters. The van der Waals surface area contributed by atoms with Crippen LogP contribution in [0.3, 0.4) is 0 Å². The summed E-state index contributed by atoms with van der Waals surface area (Å²) in [5.74, 6) is 0.755. The van der Waals surface area contributed by atoms with Crippen molar-refractivity contribution < 1.29 is 14.3 Å². The maximum atomic E-state index is 13.4. The monoisotopic (exact) mass is 512 g/mol. The first-order valence-corrected chi connectivity index (χ1v) is 13.6. The van der Waals surface area contributed by atoms with Gasteiger partial charge in [0.2, 0.25) is 11.8 Å². The number of rotatable bonds is 8. The van der Waals surface area contributed by atoms with E-state index in [2.05, 4.69) is 12.2 Å². The zero-order valence-corrected chi connectivity index (χ0v) is 21.1. The summed E-state index contributed by atoms with van der Waals surface area (Å²) < 4.78 is 6.10. The fourth-order valence-electron chi connectivity index (χ4n) is 4.39. The Morgan fingerprint density at radius 3 is 2.74 bits per heavy atom. The van der Waals surface area contributed by atoms with Crippen molar-refractivity contribution >= 4 is 46.4 Å². The van der Waals surface area contributed by atoms with Gasteiger partial charge in [0.25, 0.3) is 0 Å². The maximum absolute atomic E-state index is 13.4. The first-order valence-electron chi connectivity index (χ1n) is 11.4. The Labute approximate surface area is 212 Å². The normalized spacial score (nSPS) is 23.4. The fourth-order valence-corrected chi connectivity index (χ4v) is 6.36. The van der Waals surface area contributed by atoms with Crippen LogP contribution in [0.25, 0.3) is 0 Å². The molecule has 1 aromatic carbocycles. The van der Waals surface area contributed by atoms with Crippen molar-refractivity contribution in [1.29, 1.82) is 0 Å². The summed E-state index contributed by atoms with van der Waals surface area (Å²) in [6, 6.07) is 14.7. The van der Waals surface area contributed by atoms with E-state index < -0.39 is 10.8 Å². The molecule has 0 spiro atoms. The molecule has 1 amide bonds. The van der Waals surface area contributed by atoms with Crippen LogP contribution in [0.2, 0.25) is 5.02 Å². The number of aromatic nitrogens is 1. The van der Waals surface area contributed by atoms with Crippen molar-refractivity contribution in [3.05, 3.63) is 75.6 Å². The lowest BCUT2D eigenvalue weighted by Crippen LogP contribution is -2.58. The number of ether oxygens (including phenoxy) is 1. The molecule has 5 nitrogen and oxygen atoms in total. The number of amides is 1. The van der Waals surface area contributed by atoms with Gasteiger partial charge in [-0.05, 0) is 59.9 Å². The zero-order valence-electron chi connectivity index (χ0n) is 18.7. The molecule has 34 heavy (non-hydrogen) atoms. The lowest BCUT2D eigenvalue weighted by Gasteiger charge is -2.39. The fraction of sp³-hybridized carbons (Fsp3) is 0.346. The number of hydrogen-bond acceptors (Lipinski definition) is 6.